The van der Waals surface area contributed by atoms with Crippen LogP contribution in [0.4, 0.5) is 4.39 Å². The van der Waals surface area contributed by atoms with Gasteiger partial charge in [0, 0.05) is 24.7 Å². The van der Waals surface area contributed by atoms with E-state index in [9.17, 15) is 9.59 Å². The van der Waals surface area contributed by atoms with E-state index in [1.807, 2.05) is 91.0 Å². The summed E-state index contributed by atoms with van der Waals surface area (Å²) in [6.07, 6.45) is 1.90. The van der Waals surface area contributed by atoms with Crippen LogP contribution in [0.25, 0.3) is 0 Å². The Bertz CT molecular complexity index is 1730. The number of thiocarbonyl (C=S) groups is 1. The molecule has 4 atom stereocenters. The molecular weight excluding hydrogens is 583 g/mol. The Morgan fingerprint density at radius 3 is 2.02 bits per heavy atom. The van der Waals surface area contributed by atoms with Gasteiger partial charge in [-0.05, 0) is 35.8 Å². The smallest absolute Gasteiger partial charge is 0.330 e. The summed E-state index contributed by atoms with van der Waals surface area (Å²) in [5, 5.41) is -0.0557. The minimum Gasteiger partial charge on any atom is -0.461 e. The van der Waals surface area contributed by atoms with Crippen molar-refractivity contribution in [2.24, 2.45) is 0 Å². The highest BCUT2D eigenvalue weighted by atomic mass is 32.1. The van der Waals surface area contributed by atoms with Crippen LogP contribution >= 0.6 is 12.2 Å². The molecule has 6 rings (SSSR count). The third-order valence-electron chi connectivity index (χ3n) is 7.73. The Morgan fingerprint density at radius 2 is 1.52 bits per heavy atom. The minimum absolute atomic E-state index is 0.0557. The van der Waals surface area contributed by atoms with Crippen molar-refractivity contribution >= 4 is 17.4 Å². The summed E-state index contributed by atoms with van der Waals surface area (Å²) in [6, 6.07) is 30.3. The Hall–Kier alpha value is -4.71. The molecule has 0 aliphatic carbocycles. The van der Waals surface area contributed by atoms with Gasteiger partial charge in [0.2, 0.25) is 0 Å². The van der Waals surface area contributed by atoms with Gasteiger partial charge in [0.1, 0.15) is 18.0 Å². The summed E-state index contributed by atoms with van der Waals surface area (Å²) in [6.45, 7) is 1.11. The molecule has 0 radical (unpaired) electrons. The van der Waals surface area contributed by atoms with Crippen molar-refractivity contribution in [2.45, 2.75) is 36.6 Å². The number of hydrogen-bond acceptors (Lipinski definition) is 7. The highest BCUT2D eigenvalue weighted by molar-refractivity contribution is 7.80. The van der Waals surface area contributed by atoms with E-state index < -0.39 is 41.0 Å². The van der Waals surface area contributed by atoms with Crippen LogP contribution in [0.2, 0.25) is 0 Å². The van der Waals surface area contributed by atoms with E-state index in [1.54, 1.807) is 6.20 Å². The van der Waals surface area contributed by atoms with Gasteiger partial charge in [-0.25, -0.2) is 14.2 Å². The van der Waals surface area contributed by atoms with Crippen molar-refractivity contribution in [1.82, 2.24) is 19.1 Å². The Labute approximate surface area is 257 Å². The zero-order valence-corrected chi connectivity index (χ0v) is 24.5. The van der Waals surface area contributed by atoms with E-state index in [1.165, 1.54) is 30.2 Å². The maximum absolute atomic E-state index is 16.9. The molecule has 0 spiro atoms. The highest BCUT2D eigenvalue weighted by Gasteiger charge is 2.58. The molecule has 1 aliphatic rings. The Morgan fingerprint density at radius 1 is 0.955 bits per heavy atom. The average Bonchev–Trinajstić information content (AvgIpc) is 3.67. The van der Waals surface area contributed by atoms with E-state index in [-0.39, 0.29) is 11.8 Å². The highest BCUT2D eigenvalue weighted by Crippen LogP contribution is 2.45. The van der Waals surface area contributed by atoms with E-state index in [0.29, 0.717) is 0 Å². The lowest BCUT2D eigenvalue weighted by atomic mass is 9.80. The first-order valence-corrected chi connectivity index (χ1v) is 14.4. The summed E-state index contributed by atoms with van der Waals surface area (Å²) < 4.78 is 38.6. The number of halogens is 1. The molecule has 0 bridgehead atoms. The first kappa shape index (κ1) is 29.4. The van der Waals surface area contributed by atoms with Crippen LogP contribution in [0, 0.1) is 0 Å². The first-order valence-electron chi connectivity index (χ1n) is 14.0. The zero-order chi connectivity index (χ0) is 30.7. The number of ether oxygens (including phenoxy) is 3. The predicted molar refractivity (Wildman–Crippen MR) is 165 cm³/mol. The molecule has 9 nitrogen and oxygen atoms in total. The second kappa shape index (κ2) is 12.1. The molecule has 44 heavy (non-hydrogen) atoms. The van der Waals surface area contributed by atoms with Gasteiger partial charge < -0.3 is 14.2 Å². The molecule has 11 heteroatoms. The number of rotatable bonds is 8. The fourth-order valence-corrected chi connectivity index (χ4v) is 5.87. The summed E-state index contributed by atoms with van der Waals surface area (Å²) in [5.41, 5.74) is -2.32. The number of nitrogens with one attached hydrogen (secondary N) is 1. The van der Waals surface area contributed by atoms with E-state index >= 15 is 4.39 Å². The number of hydrogen-bond donors (Lipinski definition) is 1. The minimum atomic E-state index is -2.30. The van der Waals surface area contributed by atoms with Gasteiger partial charge in [-0.1, -0.05) is 91.0 Å². The number of aromatic nitrogens is 4. The lowest BCUT2D eigenvalue weighted by molar-refractivity contribution is -0.0960. The van der Waals surface area contributed by atoms with Crippen molar-refractivity contribution in [1.29, 1.82) is 0 Å². The van der Waals surface area contributed by atoms with Gasteiger partial charge in [-0.15, -0.1) is 0 Å². The van der Waals surface area contributed by atoms with Crippen molar-refractivity contribution < 1.29 is 18.6 Å². The largest absolute Gasteiger partial charge is 0.461 e. The third kappa shape index (κ3) is 5.41. The fraction of sp³-hybridized carbons (Fsp3) is 0.212. The number of imidazole rings is 1. The van der Waals surface area contributed by atoms with Crippen LogP contribution in [0.1, 0.15) is 29.8 Å². The molecule has 0 amide bonds. The Balaban J connectivity index is 1.43. The van der Waals surface area contributed by atoms with Gasteiger partial charge >= 0.3 is 5.69 Å². The topological polar surface area (TPSA) is 100 Å². The molecule has 224 valence electrons. The first-order chi connectivity index (χ1) is 21.3. The van der Waals surface area contributed by atoms with Crippen LogP contribution in [-0.2, 0) is 19.8 Å². The summed E-state index contributed by atoms with van der Waals surface area (Å²) >= 11 is 5.47. The number of H-pyrrole nitrogens is 1. The SMILES string of the molecule is C[C@@]1(F)C(OC(=S)n2ccnc2)[C@@H](COC(c2ccccc2)(c2ccccc2)c2ccccc2)OC1n1ccc(=O)[nH]c1=O. The number of alkyl halides is 1. The van der Waals surface area contributed by atoms with Crippen LogP contribution in [0.3, 0.4) is 0 Å². The fourth-order valence-electron chi connectivity index (χ4n) is 5.65. The standard InChI is InChI=1S/C33H29FN4O5S/c1-32(34)28(43-31(44)37-20-18-35-22-37)26(42-29(32)38-19-17-27(39)36-30(38)40)21-41-33(23-11-5-2-6-12-23,24-13-7-3-8-14-24)25-15-9-4-10-16-25/h2-20,22,26,28-29H,21H2,1H3,(H,36,39,40)/t26-,28?,29?,32-/m1/s1. The lowest BCUT2D eigenvalue weighted by Crippen LogP contribution is -2.47. The van der Waals surface area contributed by atoms with Gasteiger partial charge in [-0.2, -0.15) is 0 Å². The van der Waals surface area contributed by atoms with Crippen molar-refractivity contribution in [3.8, 4) is 0 Å². The molecule has 0 saturated carbocycles. The average molecular weight is 613 g/mol. The maximum Gasteiger partial charge on any atom is 0.330 e. The lowest BCUT2D eigenvalue weighted by Gasteiger charge is -2.37. The van der Waals surface area contributed by atoms with Crippen molar-refractivity contribution in [3.05, 3.63) is 160 Å². The second-order valence-electron chi connectivity index (χ2n) is 10.6. The molecule has 3 aromatic carbocycles. The predicted octanol–water partition coefficient (Wildman–Crippen LogP) is 4.59. The maximum atomic E-state index is 16.9. The van der Waals surface area contributed by atoms with Crippen LogP contribution in [-0.4, -0.2) is 48.8 Å². The van der Waals surface area contributed by atoms with E-state index in [0.717, 1.165) is 27.3 Å². The molecule has 2 unspecified atom stereocenters. The molecule has 1 aliphatic heterocycles. The number of benzene rings is 3. The third-order valence-corrected chi connectivity index (χ3v) is 8.04. The van der Waals surface area contributed by atoms with Crippen molar-refractivity contribution in [2.75, 3.05) is 6.61 Å². The second-order valence-corrected chi connectivity index (χ2v) is 10.9. The monoisotopic (exact) mass is 612 g/mol. The van der Waals surface area contributed by atoms with Crippen LogP contribution < -0.4 is 11.2 Å². The van der Waals surface area contributed by atoms with Gasteiger partial charge in [-0.3, -0.25) is 18.9 Å². The van der Waals surface area contributed by atoms with Crippen molar-refractivity contribution in [3.63, 3.8) is 0 Å². The van der Waals surface area contributed by atoms with E-state index in [2.05, 4.69) is 9.97 Å². The summed E-state index contributed by atoms with van der Waals surface area (Å²) in [4.78, 5) is 30.7. The molecule has 2 aromatic heterocycles. The molecule has 5 aromatic rings. The van der Waals surface area contributed by atoms with Gasteiger partial charge in [0.15, 0.2) is 18.0 Å². The van der Waals surface area contributed by atoms with Crippen LogP contribution in [0.5, 0.6) is 0 Å². The van der Waals surface area contributed by atoms with E-state index in [4.69, 9.17) is 26.4 Å². The molecule has 1 N–H and O–H groups in total. The van der Waals surface area contributed by atoms with Gasteiger partial charge in [0.05, 0.1) is 6.61 Å². The quantitative estimate of drug-likeness (QED) is 0.202. The molecular formula is C33H29FN4O5S. The van der Waals surface area contributed by atoms with Crippen LogP contribution in [0.15, 0.2) is 132 Å². The summed E-state index contributed by atoms with van der Waals surface area (Å²) in [7, 11) is 0. The summed E-state index contributed by atoms with van der Waals surface area (Å²) in [5.74, 6) is 0. The van der Waals surface area contributed by atoms with Gasteiger partial charge in [0.25, 0.3) is 10.7 Å². The zero-order valence-electron chi connectivity index (χ0n) is 23.7. The number of nitrogens with zero attached hydrogens (tertiary/aromatic N) is 3. The normalized spacial score (nSPS) is 21.6. The molecule has 1 fully saturated rings. The molecule has 3 heterocycles. The molecule has 1 saturated heterocycles. The number of aromatic amines is 1. The Kier molecular flexibility index (Phi) is 8.09.